The van der Waals surface area contributed by atoms with Gasteiger partial charge in [-0.2, -0.15) is 0 Å². The maximum atomic E-state index is 12.6. The van der Waals surface area contributed by atoms with Crippen LogP contribution in [0.1, 0.15) is 36.3 Å². The number of rotatable bonds is 3. The minimum atomic E-state index is 0.120. The van der Waals surface area contributed by atoms with E-state index in [1.54, 1.807) is 17.4 Å². The van der Waals surface area contributed by atoms with E-state index in [1.807, 2.05) is 48.2 Å². The van der Waals surface area contributed by atoms with Crippen molar-refractivity contribution in [1.82, 2.24) is 9.88 Å². The van der Waals surface area contributed by atoms with Crippen molar-refractivity contribution in [2.45, 2.75) is 25.7 Å². The lowest BCUT2D eigenvalue weighted by Gasteiger charge is -2.30. The second kappa shape index (κ2) is 7.42. The van der Waals surface area contributed by atoms with Crippen LogP contribution < -0.4 is 0 Å². The first-order valence-electron chi connectivity index (χ1n) is 9.09. The number of aromatic nitrogens is 1. The molecule has 1 amide bonds. The van der Waals surface area contributed by atoms with Crippen molar-refractivity contribution in [3.05, 3.63) is 71.2 Å². The van der Waals surface area contributed by atoms with Gasteiger partial charge in [0.05, 0.1) is 15.2 Å². The lowest BCUT2D eigenvalue weighted by molar-refractivity contribution is -0.127. The molecule has 132 valence electrons. The number of thiazole rings is 1. The molecule has 0 aliphatic carbocycles. The van der Waals surface area contributed by atoms with Crippen LogP contribution in [0.4, 0.5) is 0 Å². The number of benzene rings is 2. The van der Waals surface area contributed by atoms with Crippen molar-refractivity contribution >= 4 is 33.0 Å². The van der Waals surface area contributed by atoms with Gasteiger partial charge in [-0.05, 0) is 43.0 Å². The average Bonchev–Trinajstić information content (AvgIpc) is 3.13. The number of amides is 1. The zero-order valence-electron chi connectivity index (χ0n) is 14.9. The topological polar surface area (TPSA) is 33.2 Å². The Kier molecular flexibility index (Phi) is 4.85. The predicted octanol–water partition coefficient (Wildman–Crippen LogP) is 5.11. The maximum Gasteiger partial charge on any atom is 0.246 e. The first-order chi connectivity index (χ1) is 12.7. The third-order valence-corrected chi connectivity index (χ3v) is 6.23. The van der Waals surface area contributed by atoms with Crippen LogP contribution in [0, 0.1) is 0 Å². The lowest BCUT2D eigenvalue weighted by atomic mass is 9.97. The molecule has 1 aromatic heterocycles. The van der Waals surface area contributed by atoms with E-state index in [1.165, 1.54) is 9.71 Å². The highest BCUT2D eigenvalue weighted by Gasteiger charge is 2.25. The molecule has 0 radical (unpaired) electrons. The molecule has 1 aliphatic heterocycles. The lowest BCUT2D eigenvalue weighted by Crippen LogP contribution is -2.37. The fourth-order valence-corrected chi connectivity index (χ4v) is 4.61. The van der Waals surface area contributed by atoms with Crippen LogP contribution in [0.15, 0.2) is 60.7 Å². The summed E-state index contributed by atoms with van der Waals surface area (Å²) in [6.07, 6.45) is 3.75. The van der Waals surface area contributed by atoms with Gasteiger partial charge in [-0.25, -0.2) is 4.98 Å². The Hall–Kier alpha value is -2.46. The zero-order chi connectivity index (χ0) is 17.9. The van der Waals surface area contributed by atoms with Gasteiger partial charge in [0.25, 0.3) is 0 Å². The molecule has 3 aromatic rings. The first kappa shape index (κ1) is 17.0. The molecule has 1 saturated heterocycles. The third-order valence-electron chi connectivity index (χ3n) is 5.04. The van der Waals surface area contributed by atoms with Crippen molar-refractivity contribution < 1.29 is 4.79 Å². The summed E-state index contributed by atoms with van der Waals surface area (Å²) in [7, 11) is 0. The van der Waals surface area contributed by atoms with E-state index in [-0.39, 0.29) is 5.91 Å². The number of carbonyl (C=O) groups excluding carboxylic acids is 1. The van der Waals surface area contributed by atoms with Crippen molar-refractivity contribution in [3.63, 3.8) is 0 Å². The summed E-state index contributed by atoms with van der Waals surface area (Å²) in [5.74, 6) is 0.588. The summed E-state index contributed by atoms with van der Waals surface area (Å²) in [5.41, 5.74) is 3.21. The molecule has 0 bridgehead atoms. The molecule has 0 saturated carbocycles. The Bertz CT molecular complexity index is 904. The first-order valence-corrected chi connectivity index (χ1v) is 9.90. The Morgan fingerprint density at radius 1 is 1.08 bits per heavy atom. The maximum absolute atomic E-state index is 12.6. The fourth-order valence-electron chi connectivity index (χ4n) is 3.47. The van der Waals surface area contributed by atoms with Crippen molar-refractivity contribution in [1.29, 1.82) is 0 Å². The summed E-state index contributed by atoms with van der Waals surface area (Å²) >= 11 is 1.79. The number of allylic oxidation sites excluding steroid dienone is 1. The Morgan fingerprint density at radius 3 is 2.50 bits per heavy atom. The summed E-state index contributed by atoms with van der Waals surface area (Å²) in [6, 6.07) is 18.4. The number of para-hydroxylation sites is 1. The van der Waals surface area contributed by atoms with E-state index in [2.05, 4.69) is 18.2 Å². The van der Waals surface area contributed by atoms with E-state index in [0.717, 1.165) is 42.6 Å². The number of hydrogen-bond acceptors (Lipinski definition) is 3. The second-order valence-electron chi connectivity index (χ2n) is 6.81. The van der Waals surface area contributed by atoms with Crippen molar-refractivity contribution in [3.8, 4) is 0 Å². The molecular formula is C22H22N2OS. The van der Waals surface area contributed by atoms with Gasteiger partial charge in [-0.15, -0.1) is 11.3 Å². The minimum absolute atomic E-state index is 0.120. The SMILES string of the molecule is C/C(=C/C(=O)N1CCC(c2nc3ccccc3s2)CC1)c1ccccc1. The van der Waals surface area contributed by atoms with E-state index < -0.39 is 0 Å². The van der Waals surface area contributed by atoms with Gasteiger partial charge in [-0.3, -0.25) is 4.79 Å². The highest BCUT2D eigenvalue weighted by atomic mass is 32.1. The molecule has 0 spiro atoms. The minimum Gasteiger partial charge on any atom is -0.339 e. The average molecular weight is 362 g/mol. The molecule has 0 N–H and O–H groups in total. The number of carbonyl (C=O) groups is 1. The summed E-state index contributed by atoms with van der Waals surface area (Å²) < 4.78 is 1.25. The summed E-state index contributed by atoms with van der Waals surface area (Å²) in [4.78, 5) is 19.4. The Balaban J connectivity index is 1.40. The number of likely N-dealkylation sites (tertiary alicyclic amines) is 1. The number of hydrogen-bond donors (Lipinski definition) is 0. The predicted molar refractivity (Wildman–Crippen MR) is 108 cm³/mol. The molecule has 2 aromatic carbocycles. The largest absolute Gasteiger partial charge is 0.339 e. The van der Waals surface area contributed by atoms with E-state index in [0.29, 0.717) is 5.92 Å². The number of fused-ring (bicyclic) bond motifs is 1. The smallest absolute Gasteiger partial charge is 0.246 e. The van der Waals surface area contributed by atoms with Gasteiger partial charge >= 0.3 is 0 Å². The van der Waals surface area contributed by atoms with Crippen LogP contribution in [-0.4, -0.2) is 28.9 Å². The van der Waals surface area contributed by atoms with E-state index in [4.69, 9.17) is 4.98 Å². The summed E-state index contributed by atoms with van der Waals surface area (Å²) in [6.45, 7) is 3.61. The number of piperidine rings is 1. The molecular weight excluding hydrogens is 340 g/mol. The highest BCUT2D eigenvalue weighted by molar-refractivity contribution is 7.18. The molecule has 4 rings (SSSR count). The third kappa shape index (κ3) is 3.56. The van der Waals surface area contributed by atoms with Crippen LogP contribution in [0.25, 0.3) is 15.8 Å². The normalized spacial score (nSPS) is 16.2. The van der Waals surface area contributed by atoms with E-state index in [9.17, 15) is 4.79 Å². The monoisotopic (exact) mass is 362 g/mol. The van der Waals surface area contributed by atoms with Crippen LogP contribution in [0.5, 0.6) is 0 Å². The molecule has 3 nitrogen and oxygen atoms in total. The molecule has 4 heteroatoms. The Labute approximate surface area is 158 Å². The van der Waals surface area contributed by atoms with Gasteiger partial charge in [-0.1, -0.05) is 42.5 Å². The van der Waals surface area contributed by atoms with Crippen molar-refractivity contribution in [2.75, 3.05) is 13.1 Å². The van der Waals surface area contributed by atoms with Crippen LogP contribution in [0.2, 0.25) is 0 Å². The van der Waals surface area contributed by atoms with Gasteiger partial charge in [0.2, 0.25) is 5.91 Å². The molecule has 0 atom stereocenters. The van der Waals surface area contributed by atoms with Gasteiger partial charge in [0.1, 0.15) is 0 Å². The van der Waals surface area contributed by atoms with Crippen molar-refractivity contribution in [2.24, 2.45) is 0 Å². The van der Waals surface area contributed by atoms with Crippen LogP contribution in [-0.2, 0) is 4.79 Å². The molecule has 2 heterocycles. The fraction of sp³-hybridized carbons (Fsp3) is 0.273. The van der Waals surface area contributed by atoms with E-state index >= 15 is 0 Å². The summed E-state index contributed by atoms with van der Waals surface area (Å²) in [5, 5.41) is 1.22. The quantitative estimate of drug-likeness (QED) is 0.607. The molecule has 1 aliphatic rings. The van der Waals surface area contributed by atoms with Crippen LogP contribution in [0.3, 0.4) is 0 Å². The molecule has 1 fully saturated rings. The standard InChI is InChI=1S/C22H22N2OS/c1-16(17-7-3-2-4-8-17)15-21(25)24-13-11-18(12-14-24)22-23-19-9-5-6-10-20(19)26-22/h2-10,15,18H,11-14H2,1H3/b16-15-. The van der Waals surface area contributed by atoms with Gasteiger partial charge in [0, 0.05) is 25.1 Å². The van der Waals surface area contributed by atoms with Gasteiger partial charge in [0.15, 0.2) is 0 Å². The molecule has 0 unspecified atom stereocenters. The van der Waals surface area contributed by atoms with Gasteiger partial charge < -0.3 is 4.90 Å². The highest BCUT2D eigenvalue weighted by Crippen LogP contribution is 2.33. The number of nitrogens with zero attached hydrogens (tertiary/aromatic N) is 2. The van der Waals surface area contributed by atoms with Crippen LogP contribution >= 0.6 is 11.3 Å². The zero-order valence-corrected chi connectivity index (χ0v) is 15.7. The molecule has 26 heavy (non-hydrogen) atoms. The second-order valence-corrected chi connectivity index (χ2v) is 7.87. The Morgan fingerprint density at radius 2 is 1.77 bits per heavy atom.